The number of benzene rings is 1. The van der Waals surface area contributed by atoms with Crippen molar-refractivity contribution in [1.82, 2.24) is 19.8 Å². The molecular formula is C17H15N5O3. The quantitative estimate of drug-likeness (QED) is 0.611. The van der Waals surface area contributed by atoms with E-state index < -0.39 is 0 Å². The molecule has 0 fully saturated rings. The molecule has 4 rings (SSSR count). The molecule has 126 valence electrons. The van der Waals surface area contributed by atoms with Crippen LogP contribution in [0.15, 0.2) is 47.1 Å². The zero-order chi connectivity index (χ0) is 17.4. The van der Waals surface area contributed by atoms with Crippen LogP contribution in [0.3, 0.4) is 0 Å². The second-order valence-corrected chi connectivity index (χ2v) is 5.32. The Balaban J connectivity index is 1.86. The van der Waals surface area contributed by atoms with Gasteiger partial charge < -0.3 is 19.7 Å². The van der Waals surface area contributed by atoms with E-state index in [-0.39, 0.29) is 0 Å². The first-order chi connectivity index (χ1) is 12.2. The summed E-state index contributed by atoms with van der Waals surface area (Å²) in [5, 5.41) is 8.03. The lowest BCUT2D eigenvalue weighted by Gasteiger charge is -2.11. The molecule has 0 atom stereocenters. The van der Waals surface area contributed by atoms with Gasteiger partial charge >= 0.3 is 0 Å². The van der Waals surface area contributed by atoms with Gasteiger partial charge in [-0.3, -0.25) is 0 Å². The van der Waals surface area contributed by atoms with E-state index in [1.807, 2.05) is 30.3 Å². The number of rotatable bonds is 4. The lowest BCUT2D eigenvalue weighted by atomic mass is 10.1. The largest absolute Gasteiger partial charge is 0.497 e. The van der Waals surface area contributed by atoms with Gasteiger partial charge in [0.25, 0.3) is 0 Å². The van der Waals surface area contributed by atoms with Crippen molar-refractivity contribution in [2.45, 2.75) is 0 Å². The van der Waals surface area contributed by atoms with E-state index in [2.05, 4.69) is 15.2 Å². The predicted molar refractivity (Wildman–Crippen MR) is 91.4 cm³/mol. The van der Waals surface area contributed by atoms with Crippen LogP contribution < -0.4 is 15.2 Å². The number of nitrogens with zero attached hydrogens (tertiary/aromatic N) is 4. The molecule has 0 bridgehead atoms. The third-order valence-electron chi connectivity index (χ3n) is 3.84. The van der Waals surface area contributed by atoms with Crippen molar-refractivity contribution >= 4 is 11.5 Å². The van der Waals surface area contributed by atoms with Crippen molar-refractivity contribution in [3.8, 4) is 34.2 Å². The molecule has 0 saturated heterocycles. The average Bonchev–Trinajstić information content (AvgIpc) is 3.30. The number of nitrogens with two attached hydrogens (primary N) is 1. The van der Waals surface area contributed by atoms with Crippen molar-refractivity contribution < 1.29 is 14.0 Å². The van der Waals surface area contributed by atoms with Crippen LogP contribution in [0.5, 0.6) is 11.5 Å². The average molecular weight is 337 g/mol. The molecule has 0 amide bonds. The van der Waals surface area contributed by atoms with Gasteiger partial charge in [-0.25, -0.2) is 4.98 Å². The standard InChI is InChI=1S/C17H15N5O3/c1-23-11-3-4-12(14(9-11)24-2)10-7-15(18)22-16(8-10)20-17(21-22)13-5-6-19-25-13/h3-9H,18H2,1-2H3. The third-order valence-corrected chi connectivity index (χ3v) is 3.84. The summed E-state index contributed by atoms with van der Waals surface area (Å²) in [4.78, 5) is 4.46. The fourth-order valence-electron chi connectivity index (χ4n) is 2.64. The van der Waals surface area contributed by atoms with Gasteiger partial charge in [0.15, 0.2) is 5.65 Å². The maximum absolute atomic E-state index is 6.16. The molecule has 0 aliphatic carbocycles. The van der Waals surface area contributed by atoms with E-state index in [1.54, 1.807) is 24.8 Å². The Morgan fingerprint density at radius 1 is 1.08 bits per heavy atom. The minimum atomic E-state index is 0.419. The van der Waals surface area contributed by atoms with Gasteiger partial charge in [-0.15, -0.1) is 5.10 Å². The molecule has 8 nitrogen and oxygen atoms in total. The van der Waals surface area contributed by atoms with Crippen molar-refractivity contribution in [1.29, 1.82) is 0 Å². The van der Waals surface area contributed by atoms with Crippen molar-refractivity contribution in [3.63, 3.8) is 0 Å². The molecule has 2 N–H and O–H groups in total. The summed E-state index contributed by atoms with van der Waals surface area (Å²) in [5.74, 6) is 2.74. The number of hydrogen-bond donors (Lipinski definition) is 1. The van der Waals surface area contributed by atoms with Crippen LogP contribution in [-0.4, -0.2) is 34.0 Å². The van der Waals surface area contributed by atoms with Crippen molar-refractivity contribution in [2.75, 3.05) is 20.0 Å². The summed E-state index contributed by atoms with van der Waals surface area (Å²) in [6.07, 6.45) is 1.54. The molecule has 1 aromatic carbocycles. The molecule has 4 aromatic rings. The van der Waals surface area contributed by atoms with Crippen molar-refractivity contribution in [2.24, 2.45) is 0 Å². The monoisotopic (exact) mass is 337 g/mol. The van der Waals surface area contributed by atoms with Gasteiger partial charge in [0.2, 0.25) is 11.6 Å². The Kier molecular flexibility index (Phi) is 3.50. The second kappa shape index (κ2) is 5.82. The van der Waals surface area contributed by atoms with Gasteiger partial charge in [-0.1, -0.05) is 5.16 Å². The first kappa shape index (κ1) is 15.0. The Morgan fingerprint density at radius 2 is 1.96 bits per heavy atom. The van der Waals surface area contributed by atoms with Crippen LogP contribution in [0.2, 0.25) is 0 Å². The van der Waals surface area contributed by atoms with E-state index >= 15 is 0 Å². The summed E-state index contributed by atoms with van der Waals surface area (Å²) in [5.41, 5.74) is 8.49. The normalized spacial score (nSPS) is 11.0. The number of nitrogen functional groups attached to an aromatic ring is 1. The first-order valence-electron chi connectivity index (χ1n) is 7.49. The molecule has 0 radical (unpaired) electrons. The van der Waals surface area contributed by atoms with Crippen LogP contribution in [0.4, 0.5) is 5.82 Å². The molecule has 0 aliphatic heterocycles. The molecule has 0 aliphatic rings. The molecule has 0 unspecified atom stereocenters. The number of fused-ring (bicyclic) bond motifs is 1. The Morgan fingerprint density at radius 3 is 2.68 bits per heavy atom. The molecule has 8 heteroatoms. The fraction of sp³-hybridized carbons (Fsp3) is 0.118. The number of ether oxygens (including phenoxy) is 2. The van der Waals surface area contributed by atoms with E-state index in [0.29, 0.717) is 34.5 Å². The Bertz CT molecular complexity index is 1040. The van der Waals surface area contributed by atoms with Gasteiger partial charge in [0, 0.05) is 17.7 Å². The number of anilines is 1. The minimum Gasteiger partial charge on any atom is -0.497 e. The summed E-state index contributed by atoms with van der Waals surface area (Å²) in [6.45, 7) is 0. The molecule has 3 aromatic heterocycles. The maximum atomic E-state index is 6.16. The third kappa shape index (κ3) is 2.53. The fourth-order valence-corrected chi connectivity index (χ4v) is 2.64. The summed E-state index contributed by atoms with van der Waals surface area (Å²) in [7, 11) is 3.22. The highest BCUT2D eigenvalue weighted by Gasteiger charge is 2.15. The van der Waals surface area contributed by atoms with Gasteiger partial charge in [0.05, 0.1) is 20.4 Å². The Labute approximate surface area is 142 Å². The van der Waals surface area contributed by atoms with E-state index in [1.165, 1.54) is 6.20 Å². The highest BCUT2D eigenvalue weighted by molar-refractivity contribution is 5.76. The van der Waals surface area contributed by atoms with E-state index in [0.717, 1.165) is 11.1 Å². The molecule has 0 spiro atoms. The van der Waals surface area contributed by atoms with Crippen LogP contribution >= 0.6 is 0 Å². The number of hydrogen-bond acceptors (Lipinski definition) is 7. The van der Waals surface area contributed by atoms with E-state index in [4.69, 9.17) is 19.7 Å². The summed E-state index contributed by atoms with van der Waals surface area (Å²) in [6, 6.07) is 11.0. The molecule has 0 saturated carbocycles. The molecule has 3 heterocycles. The van der Waals surface area contributed by atoms with Gasteiger partial charge in [0.1, 0.15) is 17.3 Å². The molecular weight excluding hydrogens is 322 g/mol. The predicted octanol–water partition coefficient (Wildman–Crippen LogP) is 2.65. The highest BCUT2D eigenvalue weighted by atomic mass is 16.5. The van der Waals surface area contributed by atoms with Crippen molar-refractivity contribution in [3.05, 3.63) is 42.6 Å². The smallest absolute Gasteiger partial charge is 0.220 e. The van der Waals surface area contributed by atoms with Gasteiger partial charge in [-0.05, 0) is 29.8 Å². The van der Waals surface area contributed by atoms with E-state index in [9.17, 15) is 0 Å². The second-order valence-electron chi connectivity index (χ2n) is 5.32. The first-order valence-corrected chi connectivity index (χ1v) is 7.49. The SMILES string of the molecule is COc1ccc(-c2cc(N)n3nc(-c4ccno4)nc3c2)c(OC)c1. The van der Waals surface area contributed by atoms with Crippen LogP contribution in [0.25, 0.3) is 28.4 Å². The minimum absolute atomic E-state index is 0.419. The maximum Gasteiger partial charge on any atom is 0.220 e. The van der Waals surface area contributed by atoms with Crippen LogP contribution in [-0.2, 0) is 0 Å². The van der Waals surface area contributed by atoms with Crippen LogP contribution in [0.1, 0.15) is 0 Å². The topological polar surface area (TPSA) is 101 Å². The highest BCUT2D eigenvalue weighted by Crippen LogP contribution is 2.34. The number of pyridine rings is 1. The lowest BCUT2D eigenvalue weighted by Crippen LogP contribution is -1.99. The summed E-state index contributed by atoms with van der Waals surface area (Å²) >= 11 is 0. The van der Waals surface area contributed by atoms with Crippen LogP contribution in [0, 0.1) is 0 Å². The summed E-state index contributed by atoms with van der Waals surface area (Å²) < 4.78 is 17.4. The number of aromatic nitrogens is 4. The number of methoxy groups -OCH3 is 2. The van der Waals surface area contributed by atoms with Gasteiger partial charge in [-0.2, -0.15) is 4.52 Å². The zero-order valence-electron chi connectivity index (χ0n) is 13.6. The zero-order valence-corrected chi connectivity index (χ0v) is 13.6. The Hall–Kier alpha value is -3.55. The lowest BCUT2D eigenvalue weighted by molar-refractivity contribution is 0.395. The molecule has 25 heavy (non-hydrogen) atoms.